The summed E-state index contributed by atoms with van der Waals surface area (Å²) in [7, 11) is 0. The Morgan fingerprint density at radius 1 is 1.24 bits per heavy atom. The molecule has 0 aliphatic carbocycles. The molecule has 2 bridgehead atoms. The van der Waals surface area contributed by atoms with Crippen molar-refractivity contribution in [1.29, 1.82) is 0 Å². The largest absolute Gasteiger partial charge is 0.491 e. The van der Waals surface area contributed by atoms with Gasteiger partial charge in [-0.1, -0.05) is 27.7 Å². The average Bonchev–Trinajstić information content (AvgIpc) is 3.35. The molecule has 2 saturated heterocycles. The number of hydrogen-bond acceptors (Lipinski definition) is 8. The van der Waals surface area contributed by atoms with E-state index in [9.17, 15) is 9.59 Å². The van der Waals surface area contributed by atoms with Gasteiger partial charge in [0.1, 0.15) is 30.0 Å². The van der Waals surface area contributed by atoms with Crippen molar-refractivity contribution in [1.82, 2.24) is 9.97 Å². The molecule has 5 heterocycles. The van der Waals surface area contributed by atoms with E-state index in [2.05, 4.69) is 28.0 Å². The first-order valence-corrected chi connectivity index (χ1v) is 14.4. The molecule has 0 radical (unpaired) electrons. The predicted molar refractivity (Wildman–Crippen MR) is 161 cm³/mol. The highest BCUT2D eigenvalue weighted by Crippen LogP contribution is 2.38. The van der Waals surface area contributed by atoms with Crippen molar-refractivity contribution in [2.24, 2.45) is 5.92 Å². The number of ketones is 1. The highest BCUT2D eigenvalue weighted by molar-refractivity contribution is 6.05. The van der Waals surface area contributed by atoms with Gasteiger partial charge in [0.25, 0.3) is 0 Å². The molecular weight excluding hydrogens is 522 g/mol. The Balaban J connectivity index is 0.00000111. The number of nitrogens with zero attached hydrogens (tertiary/aromatic N) is 4. The van der Waals surface area contributed by atoms with Crippen LogP contribution >= 0.6 is 0 Å². The van der Waals surface area contributed by atoms with Crippen LogP contribution in [0.15, 0.2) is 30.5 Å². The second-order valence-electron chi connectivity index (χ2n) is 10.4. The summed E-state index contributed by atoms with van der Waals surface area (Å²) in [5.74, 6) is 0.714. The number of anilines is 3. The Kier molecular flexibility index (Phi) is 11.1. The summed E-state index contributed by atoms with van der Waals surface area (Å²) in [5, 5.41) is 2.92. The molecule has 10 nitrogen and oxygen atoms in total. The lowest BCUT2D eigenvalue weighted by molar-refractivity contribution is -0.141. The van der Waals surface area contributed by atoms with Crippen molar-refractivity contribution >= 4 is 29.1 Å². The third-order valence-electron chi connectivity index (χ3n) is 7.19. The zero-order chi connectivity index (χ0) is 30.2. The van der Waals surface area contributed by atoms with Crippen molar-refractivity contribution in [2.75, 3.05) is 41.4 Å². The van der Waals surface area contributed by atoms with Crippen LogP contribution in [-0.4, -0.2) is 66.0 Å². The molecule has 2 aromatic rings. The second kappa shape index (κ2) is 14.3. The lowest BCUT2D eigenvalue weighted by atomic mass is 9.98. The normalized spacial score (nSPS) is 20.8. The number of amides is 2. The van der Waals surface area contributed by atoms with Gasteiger partial charge in [0.2, 0.25) is 0 Å². The Labute approximate surface area is 243 Å². The summed E-state index contributed by atoms with van der Waals surface area (Å²) < 4.78 is 17.3. The highest BCUT2D eigenvalue weighted by Gasteiger charge is 2.39. The first-order valence-electron chi connectivity index (χ1n) is 14.4. The maximum atomic E-state index is 13.6. The van der Waals surface area contributed by atoms with Gasteiger partial charge < -0.3 is 19.1 Å². The lowest BCUT2D eigenvalue weighted by Gasteiger charge is -2.45. The summed E-state index contributed by atoms with van der Waals surface area (Å²) in [6.07, 6.45) is 12.0. The van der Waals surface area contributed by atoms with Crippen LogP contribution in [0, 0.1) is 18.8 Å². The van der Waals surface area contributed by atoms with Gasteiger partial charge in [-0.3, -0.25) is 15.0 Å². The number of fused-ring (bicyclic) bond motifs is 4. The maximum Gasteiger partial charge on any atom is 0.329 e. The third kappa shape index (κ3) is 7.54. The van der Waals surface area contributed by atoms with Crippen molar-refractivity contribution < 1.29 is 23.8 Å². The monoisotopic (exact) mass is 565 g/mol. The molecule has 3 atom stereocenters. The maximum absolute atomic E-state index is 13.6. The molecule has 0 spiro atoms. The van der Waals surface area contributed by atoms with Crippen molar-refractivity contribution in [2.45, 2.75) is 78.7 Å². The molecule has 41 heavy (non-hydrogen) atoms. The fourth-order valence-electron chi connectivity index (χ4n) is 5.03. The van der Waals surface area contributed by atoms with Gasteiger partial charge in [-0.15, -0.1) is 12.8 Å². The topological polar surface area (TPSA) is 106 Å². The van der Waals surface area contributed by atoms with Gasteiger partial charge in [-0.25, -0.2) is 14.8 Å². The van der Waals surface area contributed by atoms with Gasteiger partial charge in [0.05, 0.1) is 18.3 Å². The van der Waals surface area contributed by atoms with E-state index in [1.807, 2.05) is 47.6 Å². The van der Waals surface area contributed by atoms with Gasteiger partial charge >= 0.3 is 6.03 Å². The minimum atomic E-state index is -0.613. The highest BCUT2D eigenvalue weighted by atomic mass is 16.7. The van der Waals surface area contributed by atoms with Crippen LogP contribution in [0.2, 0.25) is 0 Å². The van der Waals surface area contributed by atoms with E-state index in [1.54, 1.807) is 29.3 Å². The quantitative estimate of drug-likeness (QED) is 0.345. The van der Waals surface area contributed by atoms with Crippen LogP contribution in [0.5, 0.6) is 5.75 Å². The van der Waals surface area contributed by atoms with E-state index in [0.717, 1.165) is 38.0 Å². The molecule has 2 amide bonds. The van der Waals surface area contributed by atoms with Gasteiger partial charge in [0, 0.05) is 31.3 Å². The van der Waals surface area contributed by atoms with Crippen LogP contribution < -0.4 is 19.9 Å². The first-order chi connectivity index (χ1) is 19.7. The first kappa shape index (κ1) is 31.8. The number of ether oxygens (including phenoxy) is 3. The molecule has 222 valence electrons. The summed E-state index contributed by atoms with van der Waals surface area (Å²) in [6.45, 7) is 14.1. The SMILES string of the molecule is C#C.CC.CCC(C)C(=O)c1ccc2c(n1)N(C(=O)Nc1cc(OCC3COC(C)(C)O3)ccn1)C1CCCN2C1. The minimum Gasteiger partial charge on any atom is -0.491 e. The van der Waals surface area contributed by atoms with E-state index < -0.39 is 5.79 Å². The molecule has 3 unspecified atom stereocenters. The zero-order valence-corrected chi connectivity index (χ0v) is 25.1. The number of rotatable bonds is 7. The summed E-state index contributed by atoms with van der Waals surface area (Å²) in [5.41, 5.74) is 1.26. The number of aromatic nitrogens is 2. The van der Waals surface area contributed by atoms with Crippen molar-refractivity contribution in [3.63, 3.8) is 0 Å². The number of urea groups is 1. The van der Waals surface area contributed by atoms with Crippen molar-refractivity contribution in [3.05, 3.63) is 36.2 Å². The van der Waals surface area contributed by atoms with Crippen LogP contribution in [-0.2, 0) is 9.47 Å². The van der Waals surface area contributed by atoms with Crippen LogP contribution in [0.1, 0.15) is 71.3 Å². The van der Waals surface area contributed by atoms with E-state index >= 15 is 0 Å². The Bertz CT molecular complexity index is 1220. The standard InChI is InChI=1S/C27H35N5O5.C2H6.C2H2/c1-5-17(2)24(33)21-8-9-22-25(29-21)32(18-7-6-12-31(22)14-18)26(34)30-23-13-19(10-11-28-23)35-15-20-16-36-27(3,4)37-20;2*1-2/h8-11,13,17-18,20H,5-7,12,14-16H2,1-4H3,(H,28,30,34);1-2H3;1-2H. The Morgan fingerprint density at radius 2 is 2.00 bits per heavy atom. The number of Topliss-reactive ketones (excluding diaryl/α,β-unsaturated/α-hetero) is 1. The Hall–Kier alpha value is -3.68. The number of hydrogen-bond donors (Lipinski definition) is 1. The molecule has 2 aromatic heterocycles. The Morgan fingerprint density at radius 3 is 2.68 bits per heavy atom. The summed E-state index contributed by atoms with van der Waals surface area (Å²) >= 11 is 0. The molecule has 2 fully saturated rings. The fraction of sp³-hybridized carbons (Fsp3) is 0.548. The van der Waals surface area contributed by atoms with E-state index in [-0.39, 0.29) is 29.9 Å². The molecule has 1 N–H and O–H groups in total. The molecular formula is C31H43N5O5. The number of carbonyl (C=O) groups is 2. The number of piperidine rings is 1. The summed E-state index contributed by atoms with van der Waals surface area (Å²) in [4.78, 5) is 39.4. The number of carbonyl (C=O) groups excluding carboxylic acids is 2. The fourth-order valence-corrected chi connectivity index (χ4v) is 5.03. The van der Waals surface area contributed by atoms with Crippen LogP contribution in [0.25, 0.3) is 0 Å². The van der Waals surface area contributed by atoms with Gasteiger partial charge in [-0.05, 0) is 51.3 Å². The number of pyridine rings is 2. The molecule has 5 rings (SSSR count). The molecule has 0 saturated carbocycles. The third-order valence-corrected chi connectivity index (χ3v) is 7.19. The van der Waals surface area contributed by atoms with Gasteiger partial charge in [0.15, 0.2) is 17.4 Å². The van der Waals surface area contributed by atoms with E-state index in [0.29, 0.717) is 36.3 Å². The lowest BCUT2D eigenvalue weighted by Crippen LogP contribution is -2.56. The van der Waals surface area contributed by atoms with Gasteiger partial charge in [-0.2, -0.15) is 0 Å². The second-order valence-corrected chi connectivity index (χ2v) is 10.4. The number of nitrogens with one attached hydrogen (secondary N) is 1. The molecule has 3 aliphatic rings. The minimum absolute atomic E-state index is 0.0112. The van der Waals surface area contributed by atoms with Crippen molar-refractivity contribution in [3.8, 4) is 18.6 Å². The van der Waals surface area contributed by atoms with Crippen LogP contribution in [0.4, 0.5) is 22.1 Å². The molecule has 0 aromatic carbocycles. The number of terminal acetylenes is 1. The average molecular weight is 566 g/mol. The molecule has 3 aliphatic heterocycles. The smallest absolute Gasteiger partial charge is 0.329 e. The zero-order valence-electron chi connectivity index (χ0n) is 25.1. The predicted octanol–water partition coefficient (Wildman–Crippen LogP) is 5.53. The molecule has 10 heteroatoms. The summed E-state index contributed by atoms with van der Waals surface area (Å²) in [6, 6.07) is 6.76. The van der Waals surface area contributed by atoms with Crippen LogP contribution in [0.3, 0.4) is 0 Å². The van der Waals surface area contributed by atoms with E-state index in [1.165, 1.54) is 0 Å². The van der Waals surface area contributed by atoms with E-state index in [4.69, 9.17) is 19.2 Å².